The second-order valence-corrected chi connectivity index (χ2v) is 8.56. The Morgan fingerprint density at radius 2 is 1.72 bits per heavy atom. The molecule has 0 saturated heterocycles. The van der Waals surface area contributed by atoms with Crippen LogP contribution in [0.15, 0.2) is 54.9 Å². The van der Waals surface area contributed by atoms with E-state index in [4.69, 9.17) is 9.84 Å². The summed E-state index contributed by atoms with van der Waals surface area (Å²) in [7, 11) is 0. The van der Waals surface area contributed by atoms with Gasteiger partial charge in [0.1, 0.15) is 17.7 Å². The smallest absolute Gasteiger partial charge is 0.481 e. The molecule has 1 aliphatic rings. The standard InChI is InChI=1S/C25H21F3N4O4/c26-25(27,28)36-18-7-9-20-21(11-18)32-23(31-20)16-3-8-19(29-13-16)15-4-10-22(30-12-15)35-17-5-1-14(2-6-17)24(33)34/h3-4,7-14,17H,1-2,5-6H2,(H,31,32)(H,33,34). The van der Waals surface area contributed by atoms with Gasteiger partial charge in [-0.25, -0.2) is 9.97 Å². The predicted octanol–water partition coefficient (Wildman–Crippen LogP) is 5.61. The van der Waals surface area contributed by atoms with E-state index in [0.29, 0.717) is 59.7 Å². The number of carboxylic acid groups (broad SMARTS) is 1. The van der Waals surface area contributed by atoms with Crippen LogP contribution in [-0.4, -0.2) is 43.5 Å². The number of aliphatic carboxylic acids is 1. The summed E-state index contributed by atoms with van der Waals surface area (Å²) in [5, 5.41) is 9.11. The third-order valence-corrected chi connectivity index (χ3v) is 6.07. The molecule has 1 saturated carbocycles. The van der Waals surface area contributed by atoms with Gasteiger partial charge in [-0.05, 0) is 56.0 Å². The summed E-state index contributed by atoms with van der Waals surface area (Å²) < 4.78 is 47.3. The largest absolute Gasteiger partial charge is 0.573 e. The van der Waals surface area contributed by atoms with Crippen molar-refractivity contribution in [3.63, 3.8) is 0 Å². The maximum atomic E-state index is 12.5. The van der Waals surface area contributed by atoms with Crippen LogP contribution in [0.2, 0.25) is 0 Å². The topological polar surface area (TPSA) is 110 Å². The Morgan fingerprint density at radius 3 is 2.36 bits per heavy atom. The summed E-state index contributed by atoms with van der Waals surface area (Å²) in [6.07, 6.45) is 1.02. The normalized spacial score (nSPS) is 18.2. The number of benzene rings is 1. The molecule has 3 aromatic heterocycles. The highest BCUT2D eigenvalue weighted by Crippen LogP contribution is 2.30. The lowest BCUT2D eigenvalue weighted by atomic mass is 9.87. The van der Waals surface area contributed by atoms with E-state index in [-0.39, 0.29) is 17.8 Å². The molecular formula is C25H21F3N4O4. The van der Waals surface area contributed by atoms with Crippen molar-refractivity contribution in [1.82, 2.24) is 19.9 Å². The summed E-state index contributed by atoms with van der Waals surface area (Å²) in [6.45, 7) is 0. The van der Waals surface area contributed by atoms with E-state index in [1.54, 1.807) is 30.6 Å². The lowest BCUT2D eigenvalue weighted by Crippen LogP contribution is -2.28. The fourth-order valence-electron chi connectivity index (χ4n) is 4.23. The minimum absolute atomic E-state index is 0.0451. The summed E-state index contributed by atoms with van der Waals surface area (Å²) in [6, 6.07) is 11.1. The number of nitrogens with zero attached hydrogens (tertiary/aromatic N) is 3. The molecule has 8 nitrogen and oxygen atoms in total. The molecule has 0 unspecified atom stereocenters. The van der Waals surface area contributed by atoms with E-state index in [0.717, 1.165) is 5.56 Å². The van der Waals surface area contributed by atoms with Crippen LogP contribution < -0.4 is 9.47 Å². The van der Waals surface area contributed by atoms with Gasteiger partial charge in [0.15, 0.2) is 0 Å². The van der Waals surface area contributed by atoms with Crippen molar-refractivity contribution < 1.29 is 32.5 Å². The molecule has 1 aliphatic carbocycles. The number of aromatic nitrogens is 4. The zero-order chi connectivity index (χ0) is 25.3. The first-order valence-electron chi connectivity index (χ1n) is 11.3. The number of H-pyrrole nitrogens is 1. The zero-order valence-corrected chi connectivity index (χ0v) is 18.8. The third-order valence-electron chi connectivity index (χ3n) is 6.07. The van der Waals surface area contributed by atoms with Gasteiger partial charge in [-0.3, -0.25) is 9.78 Å². The highest BCUT2D eigenvalue weighted by atomic mass is 19.4. The van der Waals surface area contributed by atoms with Gasteiger partial charge >= 0.3 is 12.3 Å². The Labute approximate surface area is 203 Å². The summed E-state index contributed by atoms with van der Waals surface area (Å²) >= 11 is 0. The molecular weight excluding hydrogens is 477 g/mol. The lowest BCUT2D eigenvalue weighted by Gasteiger charge is -2.26. The van der Waals surface area contributed by atoms with Crippen molar-refractivity contribution in [2.45, 2.75) is 38.1 Å². The SMILES string of the molecule is O=C(O)C1CCC(Oc2ccc(-c3ccc(-c4nc5ccc(OC(F)(F)F)cc5[nH]4)cn3)cn2)CC1. The second kappa shape index (κ2) is 9.48. The molecule has 2 N–H and O–H groups in total. The number of rotatable bonds is 6. The molecule has 0 amide bonds. The van der Waals surface area contributed by atoms with Gasteiger partial charge in [0.05, 0.1) is 22.6 Å². The first kappa shape index (κ1) is 23.6. The van der Waals surface area contributed by atoms with E-state index < -0.39 is 12.3 Å². The number of halogens is 3. The minimum atomic E-state index is -4.77. The van der Waals surface area contributed by atoms with Crippen molar-refractivity contribution in [3.8, 4) is 34.3 Å². The van der Waals surface area contributed by atoms with Crippen molar-refractivity contribution in [3.05, 3.63) is 54.9 Å². The fraction of sp³-hybridized carbons (Fsp3) is 0.280. The average molecular weight is 498 g/mol. The number of nitrogens with one attached hydrogen (secondary N) is 1. The van der Waals surface area contributed by atoms with Gasteiger partial charge < -0.3 is 19.6 Å². The first-order valence-corrected chi connectivity index (χ1v) is 11.3. The quantitative estimate of drug-likeness (QED) is 0.356. The number of fused-ring (bicyclic) bond motifs is 1. The molecule has 186 valence electrons. The van der Waals surface area contributed by atoms with E-state index in [1.807, 2.05) is 6.07 Å². The molecule has 36 heavy (non-hydrogen) atoms. The van der Waals surface area contributed by atoms with Crippen LogP contribution in [0.1, 0.15) is 25.7 Å². The van der Waals surface area contributed by atoms with Gasteiger partial charge in [-0.15, -0.1) is 13.2 Å². The molecule has 1 aromatic carbocycles. The molecule has 0 radical (unpaired) electrons. The highest BCUT2D eigenvalue weighted by Gasteiger charge is 2.31. The maximum absolute atomic E-state index is 12.5. The monoisotopic (exact) mass is 498 g/mol. The number of aromatic amines is 1. The van der Waals surface area contributed by atoms with Gasteiger partial charge in [0.2, 0.25) is 5.88 Å². The van der Waals surface area contributed by atoms with Crippen molar-refractivity contribution in [2.75, 3.05) is 0 Å². The maximum Gasteiger partial charge on any atom is 0.573 e. The van der Waals surface area contributed by atoms with Gasteiger partial charge in [0, 0.05) is 35.7 Å². The molecule has 0 aliphatic heterocycles. The van der Waals surface area contributed by atoms with Crippen LogP contribution >= 0.6 is 0 Å². The number of alkyl halides is 3. The number of carboxylic acids is 1. The third kappa shape index (κ3) is 5.40. The molecule has 0 atom stereocenters. The molecule has 5 rings (SSSR count). The Balaban J connectivity index is 1.25. The summed E-state index contributed by atoms with van der Waals surface area (Å²) in [5.74, 6) is -0.432. The van der Waals surface area contributed by atoms with Gasteiger partial charge in [-0.2, -0.15) is 0 Å². The first-order chi connectivity index (χ1) is 17.2. The number of pyridine rings is 2. The molecule has 0 spiro atoms. The fourth-order valence-corrected chi connectivity index (χ4v) is 4.23. The predicted molar refractivity (Wildman–Crippen MR) is 123 cm³/mol. The van der Waals surface area contributed by atoms with Gasteiger partial charge in [0.25, 0.3) is 0 Å². The Morgan fingerprint density at radius 1 is 0.972 bits per heavy atom. The minimum Gasteiger partial charge on any atom is -0.481 e. The van der Waals surface area contributed by atoms with E-state index in [1.165, 1.54) is 18.2 Å². The van der Waals surface area contributed by atoms with Crippen LogP contribution in [0.4, 0.5) is 13.2 Å². The molecule has 4 aromatic rings. The zero-order valence-electron chi connectivity index (χ0n) is 18.8. The number of hydrogen-bond donors (Lipinski definition) is 2. The van der Waals surface area contributed by atoms with Gasteiger partial charge in [-0.1, -0.05) is 0 Å². The van der Waals surface area contributed by atoms with Crippen molar-refractivity contribution in [2.24, 2.45) is 5.92 Å². The second-order valence-electron chi connectivity index (χ2n) is 8.56. The summed E-state index contributed by atoms with van der Waals surface area (Å²) in [5.41, 5.74) is 3.03. The number of ether oxygens (including phenoxy) is 2. The summed E-state index contributed by atoms with van der Waals surface area (Å²) in [4.78, 5) is 27.3. The van der Waals surface area contributed by atoms with Crippen molar-refractivity contribution in [1.29, 1.82) is 0 Å². The van der Waals surface area contributed by atoms with Crippen LogP contribution in [0.25, 0.3) is 33.7 Å². The Kier molecular flexibility index (Phi) is 6.21. The van der Waals surface area contributed by atoms with Crippen LogP contribution in [0.3, 0.4) is 0 Å². The van der Waals surface area contributed by atoms with Crippen LogP contribution in [-0.2, 0) is 4.79 Å². The van der Waals surface area contributed by atoms with Crippen LogP contribution in [0.5, 0.6) is 11.6 Å². The number of hydrogen-bond acceptors (Lipinski definition) is 6. The average Bonchev–Trinajstić information content (AvgIpc) is 3.27. The molecule has 0 bridgehead atoms. The van der Waals surface area contributed by atoms with Crippen molar-refractivity contribution >= 4 is 17.0 Å². The highest BCUT2D eigenvalue weighted by molar-refractivity contribution is 5.80. The molecule has 3 heterocycles. The van der Waals surface area contributed by atoms with Crippen LogP contribution in [0, 0.1) is 5.92 Å². The molecule has 1 fully saturated rings. The van der Waals surface area contributed by atoms with E-state index in [9.17, 15) is 18.0 Å². The molecule has 11 heteroatoms. The Hall–Kier alpha value is -4.15. The van der Waals surface area contributed by atoms with E-state index in [2.05, 4.69) is 24.7 Å². The number of carbonyl (C=O) groups is 1. The number of imidazole rings is 1. The Bertz CT molecular complexity index is 1360. The lowest BCUT2D eigenvalue weighted by molar-refractivity contribution is -0.274. The van der Waals surface area contributed by atoms with E-state index >= 15 is 0 Å².